The van der Waals surface area contributed by atoms with Gasteiger partial charge in [0.25, 0.3) is 0 Å². The van der Waals surface area contributed by atoms with Crippen LogP contribution in [0.25, 0.3) is 0 Å². The van der Waals surface area contributed by atoms with Gasteiger partial charge in [-0.05, 0) is 29.8 Å². The number of thioether (sulfide) groups is 1. The third kappa shape index (κ3) is 4.77. The molecule has 2 aromatic carbocycles. The summed E-state index contributed by atoms with van der Waals surface area (Å²) in [6, 6.07) is 21.2. The maximum Gasteiger partial charge on any atom is 0.164 e. The van der Waals surface area contributed by atoms with Gasteiger partial charge in [-0.2, -0.15) is 0 Å². The molecule has 3 nitrogen and oxygen atoms in total. The SMILES string of the molecule is COc1ccc(C(CC(=O)c2ccccc2)SCc2ccco2)cc1. The van der Waals surface area contributed by atoms with E-state index in [1.165, 1.54) is 0 Å². The van der Waals surface area contributed by atoms with Gasteiger partial charge in [0.1, 0.15) is 11.5 Å². The summed E-state index contributed by atoms with van der Waals surface area (Å²) in [5.74, 6) is 2.60. The number of ether oxygens (including phenoxy) is 1. The zero-order chi connectivity index (χ0) is 17.5. The quantitative estimate of drug-likeness (QED) is 0.499. The van der Waals surface area contributed by atoms with Crippen molar-refractivity contribution in [3.63, 3.8) is 0 Å². The van der Waals surface area contributed by atoms with Gasteiger partial charge >= 0.3 is 0 Å². The summed E-state index contributed by atoms with van der Waals surface area (Å²) in [6.45, 7) is 0. The number of hydrogen-bond donors (Lipinski definition) is 0. The molecule has 0 aliphatic rings. The molecule has 1 unspecified atom stereocenters. The van der Waals surface area contributed by atoms with Gasteiger partial charge in [-0.1, -0.05) is 42.5 Å². The summed E-state index contributed by atoms with van der Waals surface area (Å²) in [5, 5.41) is 0.0590. The lowest BCUT2D eigenvalue weighted by atomic mass is 10.0. The molecule has 0 fully saturated rings. The predicted octanol–water partition coefficient (Wildman–Crippen LogP) is 5.54. The van der Waals surface area contributed by atoms with E-state index in [4.69, 9.17) is 9.15 Å². The average molecular weight is 352 g/mol. The second-order valence-electron chi connectivity index (χ2n) is 5.65. The van der Waals surface area contributed by atoms with Crippen molar-refractivity contribution >= 4 is 17.5 Å². The van der Waals surface area contributed by atoms with Crippen molar-refractivity contribution in [2.45, 2.75) is 17.4 Å². The zero-order valence-corrected chi connectivity index (χ0v) is 14.9. The Kier molecular flexibility index (Phi) is 5.96. The molecule has 1 atom stereocenters. The monoisotopic (exact) mass is 352 g/mol. The van der Waals surface area contributed by atoms with E-state index in [-0.39, 0.29) is 11.0 Å². The van der Waals surface area contributed by atoms with E-state index in [1.54, 1.807) is 25.1 Å². The average Bonchev–Trinajstić information content (AvgIpc) is 3.19. The largest absolute Gasteiger partial charge is 0.497 e. The van der Waals surface area contributed by atoms with Crippen LogP contribution in [0.3, 0.4) is 0 Å². The van der Waals surface area contributed by atoms with Crippen molar-refractivity contribution in [2.24, 2.45) is 0 Å². The molecule has 1 heterocycles. The van der Waals surface area contributed by atoms with Gasteiger partial charge in [-0.15, -0.1) is 11.8 Å². The Bertz CT molecular complexity index is 780. The Morgan fingerprint density at radius 1 is 1.04 bits per heavy atom. The highest BCUT2D eigenvalue weighted by Gasteiger charge is 2.18. The van der Waals surface area contributed by atoms with Crippen molar-refractivity contribution in [2.75, 3.05) is 7.11 Å². The molecule has 3 rings (SSSR count). The standard InChI is InChI=1S/C21H20O3S/c1-23-18-11-9-17(10-12-18)21(25-15-19-8-5-13-24-19)14-20(22)16-6-3-2-4-7-16/h2-13,21H,14-15H2,1H3. The normalized spacial score (nSPS) is 11.9. The topological polar surface area (TPSA) is 39.4 Å². The molecule has 1 aromatic heterocycles. The Morgan fingerprint density at radius 3 is 2.44 bits per heavy atom. The molecular formula is C21H20O3S. The molecule has 0 aliphatic carbocycles. The van der Waals surface area contributed by atoms with Crippen LogP contribution < -0.4 is 4.74 Å². The predicted molar refractivity (Wildman–Crippen MR) is 101 cm³/mol. The minimum absolute atomic E-state index is 0.0590. The van der Waals surface area contributed by atoms with Crippen molar-refractivity contribution in [3.05, 3.63) is 89.9 Å². The summed E-state index contributed by atoms with van der Waals surface area (Å²) in [7, 11) is 1.65. The summed E-state index contributed by atoms with van der Waals surface area (Å²) in [4.78, 5) is 12.7. The van der Waals surface area contributed by atoms with Crippen molar-refractivity contribution in [1.29, 1.82) is 0 Å². The first-order valence-corrected chi connectivity index (χ1v) is 9.17. The summed E-state index contributed by atoms with van der Waals surface area (Å²) in [5.41, 5.74) is 1.86. The van der Waals surface area contributed by atoms with Crippen LogP contribution in [0, 0.1) is 0 Å². The smallest absolute Gasteiger partial charge is 0.164 e. The first-order valence-electron chi connectivity index (χ1n) is 8.12. The van der Waals surface area contributed by atoms with Crippen LogP contribution in [-0.4, -0.2) is 12.9 Å². The van der Waals surface area contributed by atoms with Gasteiger partial charge in [-0.3, -0.25) is 4.79 Å². The molecule has 25 heavy (non-hydrogen) atoms. The fourth-order valence-corrected chi connectivity index (χ4v) is 3.73. The van der Waals surface area contributed by atoms with E-state index in [1.807, 2.05) is 66.7 Å². The second kappa shape index (κ2) is 8.58. The highest BCUT2D eigenvalue weighted by Crippen LogP contribution is 2.36. The summed E-state index contributed by atoms with van der Waals surface area (Å²) in [6.07, 6.45) is 2.12. The Labute approximate surface area is 152 Å². The van der Waals surface area contributed by atoms with Gasteiger partial charge in [0.2, 0.25) is 0 Å². The molecule has 0 aliphatic heterocycles. The van der Waals surface area contributed by atoms with E-state index >= 15 is 0 Å². The molecular weight excluding hydrogens is 332 g/mol. The van der Waals surface area contributed by atoms with Gasteiger partial charge in [0.15, 0.2) is 5.78 Å². The van der Waals surface area contributed by atoms with Crippen LogP contribution >= 0.6 is 11.8 Å². The fourth-order valence-electron chi connectivity index (χ4n) is 2.58. The van der Waals surface area contributed by atoms with Gasteiger partial charge in [0, 0.05) is 17.2 Å². The Hall–Kier alpha value is -2.46. The van der Waals surface area contributed by atoms with E-state index in [9.17, 15) is 4.79 Å². The van der Waals surface area contributed by atoms with Crippen LogP contribution in [-0.2, 0) is 5.75 Å². The number of carbonyl (C=O) groups excluding carboxylic acids is 1. The number of methoxy groups -OCH3 is 1. The lowest BCUT2D eigenvalue weighted by molar-refractivity contribution is 0.0982. The second-order valence-corrected chi connectivity index (χ2v) is 6.84. The molecule has 4 heteroatoms. The first kappa shape index (κ1) is 17.4. The maximum atomic E-state index is 12.7. The summed E-state index contributed by atoms with van der Waals surface area (Å²) >= 11 is 1.71. The number of benzene rings is 2. The van der Waals surface area contributed by atoms with Crippen LogP contribution in [0.15, 0.2) is 77.4 Å². The van der Waals surface area contributed by atoms with Crippen molar-refractivity contribution in [1.82, 2.24) is 0 Å². The molecule has 0 amide bonds. The zero-order valence-electron chi connectivity index (χ0n) is 14.1. The number of hydrogen-bond acceptors (Lipinski definition) is 4. The van der Waals surface area contributed by atoms with Crippen LogP contribution in [0.4, 0.5) is 0 Å². The molecule has 128 valence electrons. The molecule has 0 bridgehead atoms. The lowest BCUT2D eigenvalue weighted by Gasteiger charge is -2.16. The highest BCUT2D eigenvalue weighted by molar-refractivity contribution is 7.98. The van der Waals surface area contributed by atoms with Gasteiger partial charge < -0.3 is 9.15 Å². The summed E-state index contributed by atoms with van der Waals surface area (Å²) < 4.78 is 10.6. The molecule has 0 radical (unpaired) electrons. The van der Waals surface area contributed by atoms with Crippen LogP contribution in [0.2, 0.25) is 0 Å². The van der Waals surface area contributed by atoms with Crippen LogP contribution in [0.5, 0.6) is 5.75 Å². The fraction of sp³-hybridized carbons (Fsp3) is 0.190. The third-order valence-electron chi connectivity index (χ3n) is 3.96. The van der Waals surface area contributed by atoms with E-state index in [0.29, 0.717) is 6.42 Å². The Balaban J connectivity index is 1.76. The minimum Gasteiger partial charge on any atom is -0.497 e. The van der Waals surface area contributed by atoms with Crippen molar-refractivity contribution < 1.29 is 13.9 Å². The van der Waals surface area contributed by atoms with Gasteiger partial charge in [0.05, 0.1) is 19.1 Å². The van der Waals surface area contributed by atoms with E-state index in [0.717, 1.165) is 28.4 Å². The van der Waals surface area contributed by atoms with E-state index < -0.39 is 0 Å². The first-order chi connectivity index (χ1) is 12.3. The lowest BCUT2D eigenvalue weighted by Crippen LogP contribution is -2.05. The molecule has 0 saturated heterocycles. The van der Waals surface area contributed by atoms with Crippen LogP contribution in [0.1, 0.15) is 33.4 Å². The molecule has 0 spiro atoms. The van der Waals surface area contributed by atoms with Crippen molar-refractivity contribution in [3.8, 4) is 5.75 Å². The van der Waals surface area contributed by atoms with E-state index in [2.05, 4.69) is 0 Å². The van der Waals surface area contributed by atoms with Gasteiger partial charge in [-0.25, -0.2) is 0 Å². The molecule has 3 aromatic rings. The highest BCUT2D eigenvalue weighted by atomic mass is 32.2. The number of rotatable bonds is 8. The molecule has 0 saturated carbocycles. The Morgan fingerprint density at radius 2 is 1.80 bits per heavy atom. The number of furan rings is 1. The molecule has 0 N–H and O–H groups in total. The number of carbonyl (C=O) groups is 1. The maximum absolute atomic E-state index is 12.7. The minimum atomic E-state index is 0.0590. The number of ketones is 1. The number of Topliss-reactive ketones (excluding diaryl/α,β-unsaturated/α-hetero) is 1. The third-order valence-corrected chi connectivity index (χ3v) is 5.25.